The summed E-state index contributed by atoms with van der Waals surface area (Å²) in [5.41, 5.74) is 0. The molecule has 0 atom stereocenters. The Balaban J connectivity index is 2.14. The van der Waals surface area contributed by atoms with Gasteiger partial charge in [0.25, 0.3) is 0 Å². The molecule has 3 nitrogen and oxygen atoms in total. The summed E-state index contributed by atoms with van der Waals surface area (Å²) in [6.45, 7) is 11.3. The van der Waals surface area contributed by atoms with E-state index in [9.17, 15) is 0 Å². The predicted octanol–water partition coefficient (Wildman–Crippen LogP) is 3.26. The highest BCUT2D eigenvalue weighted by molar-refractivity contribution is 7.99. The Morgan fingerprint density at radius 3 is 2.42 bits per heavy atom. The van der Waals surface area contributed by atoms with E-state index in [2.05, 4.69) is 23.6 Å². The van der Waals surface area contributed by atoms with Crippen LogP contribution in [0, 0.1) is 0 Å². The van der Waals surface area contributed by atoms with Crippen molar-refractivity contribution in [3.63, 3.8) is 0 Å². The van der Waals surface area contributed by atoms with Gasteiger partial charge in [-0.1, -0.05) is 26.7 Å². The standard InChI is InChI=1S/C15H32N2OS/c1-3-5-8-16(9-6-4-2)10-7-11-17-14-18-12-13-19-15-17/h3-15H2,1-2H3. The first kappa shape index (κ1) is 17.3. The highest BCUT2D eigenvalue weighted by atomic mass is 32.2. The van der Waals surface area contributed by atoms with E-state index in [0.29, 0.717) is 0 Å². The summed E-state index contributed by atoms with van der Waals surface area (Å²) < 4.78 is 5.59. The van der Waals surface area contributed by atoms with Gasteiger partial charge in [0, 0.05) is 18.2 Å². The van der Waals surface area contributed by atoms with Gasteiger partial charge in [0.1, 0.15) is 0 Å². The quantitative estimate of drug-likeness (QED) is 0.613. The number of nitrogens with zero attached hydrogens (tertiary/aromatic N) is 2. The molecule has 1 heterocycles. The van der Waals surface area contributed by atoms with Crippen molar-refractivity contribution in [2.45, 2.75) is 46.0 Å². The minimum atomic E-state index is 0.830. The molecule has 1 fully saturated rings. The monoisotopic (exact) mass is 288 g/mol. The van der Waals surface area contributed by atoms with E-state index in [-0.39, 0.29) is 0 Å². The molecule has 0 amide bonds. The molecule has 0 N–H and O–H groups in total. The van der Waals surface area contributed by atoms with Gasteiger partial charge in [0.05, 0.1) is 13.3 Å². The number of ether oxygens (including phenoxy) is 1. The third kappa shape index (κ3) is 8.90. The van der Waals surface area contributed by atoms with Crippen LogP contribution in [0.1, 0.15) is 46.0 Å². The van der Waals surface area contributed by atoms with Crippen LogP contribution in [-0.2, 0) is 4.74 Å². The molecule has 1 saturated heterocycles. The second-order valence-corrected chi connectivity index (χ2v) is 6.45. The number of unbranched alkanes of at least 4 members (excludes halogenated alkanes) is 2. The van der Waals surface area contributed by atoms with Gasteiger partial charge in [-0.2, -0.15) is 0 Å². The zero-order chi connectivity index (χ0) is 13.8. The summed E-state index contributed by atoms with van der Waals surface area (Å²) in [5, 5.41) is 0. The number of hydrogen-bond donors (Lipinski definition) is 0. The van der Waals surface area contributed by atoms with Gasteiger partial charge in [-0.15, -0.1) is 11.8 Å². The predicted molar refractivity (Wildman–Crippen MR) is 85.7 cm³/mol. The van der Waals surface area contributed by atoms with Gasteiger partial charge in [0.15, 0.2) is 0 Å². The Hall–Kier alpha value is 0.230. The normalized spacial score (nSPS) is 17.8. The molecule has 0 spiro atoms. The van der Waals surface area contributed by atoms with Crippen molar-refractivity contribution in [1.29, 1.82) is 0 Å². The maximum absolute atomic E-state index is 5.59. The first-order valence-electron chi connectivity index (χ1n) is 7.97. The van der Waals surface area contributed by atoms with Crippen molar-refractivity contribution in [2.75, 3.05) is 51.1 Å². The SMILES string of the molecule is CCCCN(CCCC)CCCN1COCCSC1. The van der Waals surface area contributed by atoms with Gasteiger partial charge in [-0.3, -0.25) is 4.90 Å². The maximum atomic E-state index is 5.59. The molecule has 4 heteroatoms. The third-order valence-electron chi connectivity index (χ3n) is 3.52. The van der Waals surface area contributed by atoms with Gasteiger partial charge in [-0.25, -0.2) is 0 Å². The van der Waals surface area contributed by atoms with Gasteiger partial charge in [0.2, 0.25) is 0 Å². The molecule has 0 unspecified atom stereocenters. The number of hydrogen-bond acceptors (Lipinski definition) is 4. The Bertz CT molecular complexity index is 189. The van der Waals surface area contributed by atoms with Gasteiger partial charge < -0.3 is 9.64 Å². The van der Waals surface area contributed by atoms with Crippen LogP contribution in [0.2, 0.25) is 0 Å². The van der Waals surface area contributed by atoms with Gasteiger partial charge in [-0.05, 0) is 38.9 Å². The van der Waals surface area contributed by atoms with Gasteiger partial charge >= 0.3 is 0 Å². The van der Waals surface area contributed by atoms with Crippen molar-refractivity contribution >= 4 is 11.8 Å². The molecule has 1 aliphatic rings. The summed E-state index contributed by atoms with van der Waals surface area (Å²) in [7, 11) is 0. The molecule has 0 radical (unpaired) electrons. The highest BCUT2D eigenvalue weighted by Gasteiger charge is 2.10. The minimum absolute atomic E-state index is 0.830. The van der Waals surface area contributed by atoms with Crippen molar-refractivity contribution in [3.05, 3.63) is 0 Å². The fourth-order valence-corrected chi connectivity index (χ4v) is 3.11. The Morgan fingerprint density at radius 1 is 1.05 bits per heavy atom. The summed E-state index contributed by atoms with van der Waals surface area (Å²) in [6, 6.07) is 0. The molecule has 0 bridgehead atoms. The van der Waals surface area contributed by atoms with Crippen LogP contribution in [-0.4, -0.2) is 60.9 Å². The summed E-state index contributed by atoms with van der Waals surface area (Å²) >= 11 is 2.00. The van der Waals surface area contributed by atoms with E-state index >= 15 is 0 Å². The fourth-order valence-electron chi connectivity index (χ4n) is 2.29. The molecule has 114 valence electrons. The van der Waals surface area contributed by atoms with Crippen LogP contribution in [0.4, 0.5) is 0 Å². The van der Waals surface area contributed by atoms with Crippen LogP contribution in [0.3, 0.4) is 0 Å². The Labute approximate surface area is 124 Å². The van der Waals surface area contributed by atoms with Crippen LogP contribution < -0.4 is 0 Å². The topological polar surface area (TPSA) is 15.7 Å². The van der Waals surface area contributed by atoms with Crippen molar-refractivity contribution in [2.24, 2.45) is 0 Å². The van der Waals surface area contributed by atoms with Crippen molar-refractivity contribution < 1.29 is 4.74 Å². The van der Waals surface area contributed by atoms with E-state index in [4.69, 9.17) is 4.74 Å². The third-order valence-corrected chi connectivity index (χ3v) is 4.53. The lowest BCUT2D eigenvalue weighted by molar-refractivity contribution is 0.0514. The molecule has 1 rings (SSSR count). The van der Waals surface area contributed by atoms with E-state index in [1.165, 1.54) is 58.3 Å². The Kier molecular flexibility index (Phi) is 10.9. The lowest BCUT2D eigenvalue weighted by Crippen LogP contribution is -2.32. The second kappa shape index (κ2) is 12.0. The highest BCUT2D eigenvalue weighted by Crippen LogP contribution is 2.09. The van der Waals surface area contributed by atoms with Crippen LogP contribution in [0.5, 0.6) is 0 Å². The lowest BCUT2D eigenvalue weighted by atomic mass is 10.2. The number of thioether (sulfide) groups is 1. The van der Waals surface area contributed by atoms with Crippen LogP contribution >= 0.6 is 11.8 Å². The smallest absolute Gasteiger partial charge is 0.0997 e. The summed E-state index contributed by atoms with van der Waals surface area (Å²) in [6.07, 6.45) is 6.56. The molecule has 0 aliphatic carbocycles. The molecular formula is C15H32N2OS. The van der Waals surface area contributed by atoms with Crippen molar-refractivity contribution in [1.82, 2.24) is 9.80 Å². The molecule has 19 heavy (non-hydrogen) atoms. The molecule has 0 aromatic rings. The summed E-state index contributed by atoms with van der Waals surface area (Å²) in [5.74, 6) is 2.29. The molecular weight excluding hydrogens is 256 g/mol. The van der Waals surface area contributed by atoms with E-state index < -0.39 is 0 Å². The molecule has 1 aliphatic heterocycles. The average Bonchev–Trinajstić information content (AvgIpc) is 2.70. The minimum Gasteiger partial charge on any atom is -0.365 e. The zero-order valence-electron chi connectivity index (χ0n) is 12.9. The van der Waals surface area contributed by atoms with E-state index in [1.807, 2.05) is 11.8 Å². The summed E-state index contributed by atoms with van der Waals surface area (Å²) in [4.78, 5) is 5.09. The fraction of sp³-hybridized carbons (Fsp3) is 1.00. The maximum Gasteiger partial charge on any atom is 0.0997 e. The van der Waals surface area contributed by atoms with Crippen molar-refractivity contribution in [3.8, 4) is 0 Å². The first-order valence-corrected chi connectivity index (χ1v) is 9.12. The zero-order valence-corrected chi connectivity index (χ0v) is 13.7. The number of rotatable bonds is 10. The first-order chi connectivity index (χ1) is 9.36. The van der Waals surface area contributed by atoms with E-state index in [1.54, 1.807) is 0 Å². The lowest BCUT2D eigenvalue weighted by Gasteiger charge is -2.24. The molecule has 0 aromatic heterocycles. The average molecular weight is 289 g/mol. The van der Waals surface area contributed by atoms with Crippen LogP contribution in [0.15, 0.2) is 0 Å². The second-order valence-electron chi connectivity index (χ2n) is 5.37. The largest absolute Gasteiger partial charge is 0.365 e. The van der Waals surface area contributed by atoms with Crippen LogP contribution in [0.25, 0.3) is 0 Å². The molecule has 0 aromatic carbocycles. The molecule has 0 saturated carbocycles. The Morgan fingerprint density at radius 2 is 1.74 bits per heavy atom. The van der Waals surface area contributed by atoms with E-state index in [0.717, 1.165) is 25.0 Å².